The molecule has 5 nitrogen and oxygen atoms in total. The fourth-order valence-electron chi connectivity index (χ4n) is 1.69. The molecule has 1 rings (SSSR count). The highest BCUT2D eigenvalue weighted by Gasteiger charge is 2.28. The van der Waals surface area contributed by atoms with Crippen LogP contribution in [0, 0.1) is 11.8 Å². The molecule has 0 fully saturated rings. The third-order valence-corrected chi connectivity index (χ3v) is 3.06. The van der Waals surface area contributed by atoms with Crippen molar-refractivity contribution in [3.63, 3.8) is 0 Å². The van der Waals surface area contributed by atoms with E-state index in [4.69, 9.17) is 5.11 Å². The number of carboxylic acids is 1. The van der Waals surface area contributed by atoms with E-state index in [9.17, 15) is 9.59 Å². The van der Waals surface area contributed by atoms with Gasteiger partial charge in [-0.1, -0.05) is 20.8 Å². The van der Waals surface area contributed by atoms with Crippen LogP contribution < -0.4 is 0 Å². The molecule has 0 aliphatic rings. The number of ketones is 1. The van der Waals surface area contributed by atoms with Gasteiger partial charge in [-0.05, 0) is 6.42 Å². The maximum absolute atomic E-state index is 12.2. The van der Waals surface area contributed by atoms with Gasteiger partial charge in [0.05, 0.1) is 17.2 Å². The predicted molar refractivity (Wildman–Crippen MR) is 62.9 cm³/mol. The normalized spacial score (nSPS) is 14.4. The number of rotatable bonds is 5. The van der Waals surface area contributed by atoms with Crippen molar-refractivity contribution in [1.29, 1.82) is 0 Å². The minimum absolute atomic E-state index is 0.148. The molecule has 1 aromatic heterocycles. The Bertz CT molecular complexity index is 437. The molecule has 1 aromatic rings. The topological polar surface area (TPSA) is 72.2 Å². The van der Waals surface area contributed by atoms with Crippen molar-refractivity contribution in [2.24, 2.45) is 18.9 Å². The molecule has 0 bridgehead atoms. The number of carbonyl (C=O) groups excluding carboxylic acids is 1. The molecule has 1 heterocycles. The van der Waals surface area contributed by atoms with Crippen molar-refractivity contribution in [3.05, 3.63) is 17.5 Å². The van der Waals surface area contributed by atoms with Crippen LogP contribution in [0.4, 0.5) is 0 Å². The summed E-state index contributed by atoms with van der Waals surface area (Å²) in [5.74, 6) is -2.33. The number of hydrogen-bond acceptors (Lipinski definition) is 3. The number of Topliss-reactive ketones (excluding diaryl/α,β-unsaturated/α-hetero) is 1. The zero-order chi connectivity index (χ0) is 13.2. The van der Waals surface area contributed by atoms with Crippen molar-refractivity contribution in [3.8, 4) is 0 Å². The lowest BCUT2D eigenvalue weighted by atomic mass is 9.88. The Hall–Kier alpha value is -1.65. The summed E-state index contributed by atoms with van der Waals surface area (Å²) in [4.78, 5) is 23.0. The van der Waals surface area contributed by atoms with Crippen LogP contribution in [-0.4, -0.2) is 26.6 Å². The van der Waals surface area contributed by atoms with Crippen molar-refractivity contribution >= 4 is 11.8 Å². The van der Waals surface area contributed by atoms with E-state index in [1.165, 1.54) is 0 Å². The van der Waals surface area contributed by atoms with E-state index in [-0.39, 0.29) is 5.78 Å². The van der Waals surface area contributed by atoms with Crippen LogP contribution in [0.25, 0.3) is 0 Å². The molecule has 0 aromatic carbocycles. The number of carboxylic acid groups (broad SMARTS) is 1. The Morgan fingerprint density at radius 1 is 1.41 bits per heavy atom. The van der Waals surface area contributed by atoms with Gasteiger partial charge < -0.3 is 5.11 Å². The highest BCUT2D eigenvalue weighted by molar-refractivity contribution is 6.00. The van der Waals surface area contributed by atoms with Crippen LogP contribution in [0.1, 0.15) is 36.8 Å². The first kappa shape index (κ1) is 13.4. The molecular weight excluding hydrogens is 220 g/mol. The second-order valence-corrected chi connectivity index (χ2v) is 4.30. The van der Waals surface area contributed by atoms with Crippen LogP contribution in [0.2, 0.25) is 0 Å². The van der Waals surface area contributed by atoms with Gasteiger partial charge in [0.25, 0.3) is 0 Å². The van der Waals surface area contributed by atoms with Gasteiger partial charge in [0, 0.05) is 19.2 Å². The van der Waals surface area contributed by atoms with E-state index in [0.29, 0.717) is 12.0 Å². The zero-order valence-corrected chi connectivity index (χ0v) is 10.6. The average Bonchev–Trinajstić information content (AvgIpc) is 2.67. The predicted octanol–water partition coefficient (Wildman–Crippen LogP) is 1.52. The smallest absolute Gasteiger partial charge is 0.306 e. The van der Waals surface area contributed by atoms with Gasteiger partial charge in [0.15, 0.2) is 5.78 Å². The van der Waals surface area contributed by atoms with Gasteiger partial charge in [-0.25, -0.2) is 0 Å². The van der Waals surface area contributed by atoms with E-state index in [1.807, 2.05) is 6.92 Å². The summed E-state index contributed by atoms with van der Waals surface area (Å²) in [6, 6.07) is 0. The van der Waals surface area contributed by atoms with Gasteiger partial charge in [0.2, 0.25) is 0 Å². The molecule has 2 unspecified atom stereocenters. The molecule has 0 saturated carbocycles. The Kier molecular flexibility index (Phi) is 4.04. The molecule has 0 amide bonds. The van der Waals surface area contributed by atoms with Crippen LogP contribution in [0.15, 0.2) is 6.20 Å². The Morgan fingerprint density at radius 2 is 2.00 bits per heavy atom. The Labute approximate surface area is 100 Å². The van der Waals surface area contributed by atoms with Gasteiger partial charge in [-0.2, -0.15) is 5.10 Å². The molecule has 0 spiro atoms. The number of carbonyl (C=O) groups is 2. The number of aryl methyl sites for hydroxylation is 2. The lowest BCUT2D eigenvalue weighted by Crippen LogP contribution is -2.25. The second kappa shape index (κ2) is 5.12. The first-order valence-electron chi connectivity index (χ1n) is 5.68. The maximum atomic E-state index is 12.2. The largest absolute Gasteiger partial charge is 0.481 e. The molecule has 0 aliphatic heterocycles. The van der Waals surface area contributed by atoms with Crippen LogP contribution in [-0.2, 0) is 18.3 Å². The summed E-state index contributed by atoms with van der Waals surface area (Å²) < 4.78 is 1.59. The van der Waals surface area contributed by atoms with E-state index in [0.717, 1.165) is 5.69 Å². The summed E-state index contributed by atoms with van der Waals surface area (Å²) >= 11 is 0. The highest BCUT2D eigenvalue weighted by atomic mass is 16.4. The van der Waals surface area contributed by atoms with Gasteiger partial charge in [-0.15, -0.1) is 0 Å². The van der Waals surface area contributed by atoms with Gasteiger partial charge in [0.1, 0.15) is 0 Å². The molecular formula is C12H18N2O3. The fourth-order valence-corrected chi connectivity index (χ4v) is 1.69. The Balaban J connectivity index is 2.99. The van der Waals surface area contributed by atoms with Gasteiger partial charge in [-0.3, -0.25) is 14.3 Å². The molecule has 0 aliphatic carbocycles. The lowest BCUT2D eigenvalue weighted by Gasteiger charge is -2.14. The van der Waals surface area contributed by atoms with Crippen LogP contribution in [0.3, 0.4) is 0 Å². The van der Waals surface area contributed by atoms with Crippen LogP contribution >= 0.6 is 0 Å². The van der Waals surface area contributed by atoms with Crippen molar-refractivity contribution in [2.45, 2.75) is 27.2 Å². The third-order valence-electron chi connectivity index (χ3n) is 3.06. The first-order valence-corrected chi connectivity index (χ1v) is 5.68. The van der Waals surface area contributed by atoms with Crippen molar-refractivity contribution in [2.75, 3.05) is 0 Å². The minimum atomic E-state index is -0.951. The summed E-state index contributed by atoms with van der Waals surface area (Å²) in [6.07, 6.45) is 2.32. The summed E-state index contributed by atoms with van der Waals surface area (Å²) in [6.45, 7) is 5.12. The van der Waals surface area contributed by atoms with Crippen LogP contribution in [0.5, 0.6) is 0 Å². The molecule has 94 valence electrons. The molecule has 5 heteroatoms. The quantitative estimate of drug-likeness (QED) is 0.789. The van der Waals surface area contributed by atoms with E-state index in [2.05, 4.69) is 5.10 Å². The van der Waals surface area contributed by atoms with E-state index in [1.54, 1.807) is 31.8 Å². The summed E-state index contributed by atoms with van der Waals surface area (Å²) in [5, 5.41) is 13.1. The Morgan fingerprint density at radius 3 is 2.47 bits per heavy atom. The fraction of sp³-hybridized carbons (Fsp3) is 0.583. The summed E-state index contributed by atoms with van der Waals surface area (Å²) in [7, 11) is 1.75. The standard InChI is InChI=1S/C12H18N2O3/c1-5-10-9(6-14(4)13-10)11(15)7(2)8(3)12(16)17/h6-8H,5H2,1-4H3,(H,16,17). The molecule has 0 radical (unpaired) electrons. The number of aromatic nitrogens is 2. The zero-order valence-electron chi connectivity index (χ0n) is 10.6. The maximum Gasteiger partial charge on any atom is 0.306 e. The molecule has 0 saturated heterocycles. The second-order valence-electron chi connectivity index (χ2n) is 4.30. The number of aliphatic carboxylic acids is 1. The molecule has 2 atom stereocenters. The van der Waals surface area contributed by atoms with Crippen molar-refractivity contribution < 1.29 is 14.7 Å². The molecule has 1 N–H and O–H groups in total. The SMILES string of the molecule is CCc1nn(C)cc1C(=O)C(C)C(C)C(=O)O. The molecule has 17 heavy (non-hydrogen) atoms. The van der Waals surface area contributed by atoms with E-state index >= 15 is 0 Å². The van der Waals surface area contributed by atoms with E-state index < -0.39 is 17.8 Å². The minimum Gasteiger partial charge on any atom is -0.481 e. The summed E-state index contributed by atoms with van der Waals surface area (Å²) in [5.41, 5.74) is 1.26. The van der Waals surface area contributed by atoms with Crippen molar-refractivity contribution in [1.82, 2.24) is 9.78 Å². The van der Waals surface area contributed by atoms with Gasteiger partial charge >= 0.3 is 5.97 Å². The number of hydrogen-bond donors (Lipinski definition) is 1. The third kappa shape index (κ3) is 2.72. The highest BCUT2D eigenvalue weighted by Crippen LogP contribution is 2.19. The monoisotopic (exact) mass is 238 g/mol. The average molecular weight is 238 g/mol. The lowest BCUT2D eigenvalue weighted by molar-refractivity contribution is -0.142. The first-order chi connectivity index (χ1) is 7.88. The number of nitrogens with zero attached hydrogens (tertiary/aromatic N) is 2.